The molecule has 1 atom stereocenters. The Labute approximate surface area is 140 Å². The van der Waals surface area contributed by atoms with Crippen molar-refractivity contribution in [3.8, 4) is 11.3 Å². The molecule has 2 aromatic rings. The van der Waals surface area contributed by atoms with Crippen LogP contribution >= 0.6 is 0 Å². The maximum absolute atomic E-state index is 12.3. The molecule has 1 fully saturated rings. The highest BCUT2D eigenvalue weighted by Crippen LogP contribution is 2.21. The number of hydrogen-bond acceptors (Lipinski definition) is 3. The van der Waals surface area contributed by atoms with Gasteiger partial charge in [0, 0.05) is 30.5 Å². The molecule has 2 amide bonds. The van der Waals surface area contributed by atoms with Crippen molar-refractivity contribution in [2.75, 3.05) is 18.4 Å². The molecule has 1 aromatic heterocycles. The molecular formula is C18H19N3O3. The largest absolute Gasteiger partial charge is 0.481 e. The van der Waals surface area contributed by atoms with Crippen molar-refractivity contribution in [3.05, 3.63) is 48.7 Å². The minimum absolute atomic E-state index is 0.257. The van der Waals surface area contributed by atoms with Gasteiger partial charge in [-0.15, -0.1) is 0 Å². The Hall–Kier alpha value is -2.89. The van der Waals surface area contributed by atoms with E-state index >= 15 is 0 Å². The predicted octanol–water partition coefficient (Wildman–Crippen LogP) is 3.08. The van der Waals surface area contributed by atoms with Gasteiger partial charge in [-0.3, -0.25) is 9.78 Å². The lowest BCUT2D eigenvalue weighted by atomic mass is 9.99. The number of benzene rings is 1. The fourth-order valence-corrected chi connectivity index (χ4v) is 2.82. The van der Waals surface area contributed by atoms with Crippen LogP contribution in [0.5, 0.6) is 0 Å². The quantitative estimate of drug-likeness (QED) is 0.908. The van der Waals surface area contributed by atoms with Crippen molar-refractivity contribution in [3.63, 3.8) is 0 Å². The number of nitrogens with zero attached hydrogens (tertiary/aromatic N) is 2. The Morgan fingerprint density at radius 2 is 1.96 bits per heavy atom. The maximum atomic E-state index is 12.3. The Kier molecular flexibility index (Phi) is 4.74. The number of carbonyl (C=O) groups is 2. The number of urea groups is 1. The van der Waals surface area contributed by atoms with Crippen LogP contribution in [-0.4, -0.2) is 40.1 Å². The highest BCUT2D eigenvalue weighted by Gasteiger charge is 2.28. The van der Waals surface area contributed by atoms with Crippen molar-refractivity contribution in [1.29, 1.82) is 0 Å². The minimum atomic E-state index is -0.841. The number of hydrogen-bond donors (Lipinski definition) is 2. The second kappa shape index (κ2) is 7.12. The Morgan fingerprint density at radius 1 is 1.17 bits per heavy atom. The summed E-state index contributed by atoms with van der Waals surface area (Å²) in [6.45, 7) is 0.842. The van der Waals surface area contributed by atoms with Crippen molar-refractivity contribution < 1.29 is 14.7 Å². The van der Waals surface area contributed by atoms with Crippen LogP contribution in [0.3, 0.4) is 0 Å². The second-order valence-electron chi connectivity index (χ2n) is 5.85. The number of carboxylic acid groups (broad SMARTS) is 1. The van der Waals surface area contributed by atoms with E-state index < -0.39 is 11.9 Å². The van der Waals surface area contributed by atoms with Crippen molar-refractivity contribution in [2.45, 2.75) is 12.8 Å². The van der Waals surface area contributed by atoms with Crippen molar-refractivity contribution in [2.24, 2.45) is 5.92 Å². The first-order valence-corrected chi connectivity index (χ1v) is 7.93. The van der Waals surface area contributed by atoms with E-state index in [0.717, 1.165) is 11.3 Å². The van der Waals surface area contributed by atoms with E-state index in [1.165, 1.54) is 0 Å². The molecule has 2 N–H and O–H groups in total. The number of aliphatic carboxylic acids is 1. The van der Waals surface area contributed by atoms with E-state index in [-0.39, 0.29) is 12.6 Å². The lowest BCUT2D eigenvalue weighted by Crippen LogP contribution is -2.44. The van der Waals surface area contributed by atoms with Crippen LogP contribution in [0.25, 0.3) is 11.3 Å². The van der Waals surface area contributed by atoms with Gasteiger partial charge in [0.1, 0.15) is 0 Å². The summed E-state index contributed by atoms with van der Waals surface area (Å²) in [5.41, 5.74) is 2.52. The van der Waals surface area contributed by atoms with Gasteiger partial charge in [-0.2, -0.15) is 0 Å². The monoisotopic (exact) mass is 325 g/mol. The van der Waals surface area contributed by atoms with Gasteiger partial charge < -0.3 is 15.3 Å². The number of pyridine rings is 1. The number of aromatic nitrogens is 1. The van der Waals surface area contributed by atoms with Gasteiger partial charge in [-0.05, 0) is 37.1 Å². The number of carboxylic acids is 1. The third kappa shape index (κ3) is 3.71. The minimum Gasteiger partial charge on any atom is -0.481 e. The van der Waals surface area contributed by atoms with E-state index in [4.69, 9.17) is 5.11 Å². The zero-order valence-electron chi connectivity index (χ0n) is 13.2. The molecule has 1 aliphatic rings. The molecule has 1 saturated heterocycles. The van der Waals surface area contributed by atoms with Crippen LogP contribution in [0, 0.1) is 5.92 Å². The van der Waals surface area contributed by atoms with Gasteiger partial charge in [-0.1, -0.05) is 18.2 Å². The molecule has 0 saturated carbocycles. The summed E-state index contributed by atoms with van der Waals surface area (Å²) in [5, 5.41) is 11.9. The Morgan fingerprint density at radius 3 is 2.62 bits per heavy atom. The Balaban J connectivity index is 1.63. The van der Waals surface area contributed by atoms with Crippen LogP contribution in [0.1, 0.15) is 12.8 Å². The normalized spacial score (nSPS) is 17.3. The summed E-state index contributed by atoms with van der Waals surface area (Å²) < 4.78 is 0. The first-order valence-electron chi connectivity index (χ1n) is 7.93. The summed E-state index contributed by atoms with van der Waals surface area (Å²) in [5.74, 6) is -1.32. The van der Waals surface area contributed by atoms with E-state index in [2.05, 4.69) is 10.3 Å². The zero-order valence-corrected chi connectivity index (χ0v) is 13.2. The molecule has 2 heterocycles. The number of rotatable bonds is 3. The van der Waals surface area contributed by atoms with E-state index in [1.54, 1.807) is 11.1 Å². The van der Waals surface area contributed by atoms with Crippen LogP contribution in [0.2, 0.25) is 0 Å². The number of carbonyl (C=O) groups excluding carboxylic acids is 1. The van der Waals surface area contributed by atoms with Gasteiger partial charge in [0.25, 0.3) is 0 Å². The molecule has 1 unspecified atom stereocenters. The van der Waals surface area contributed by atoms with Crippen LogP contribution in [0.15, 0.2) is 48.7 Å². The molecule has 3 rings (SSSR count). The molecular weight excluding hydrogens is 306 g/mol. The van der Waals surface area contributed by atoms with Gasteiger partial charge >= 0.3 is 12.0 Å². The SMILES string of the molecule is O=C(O)C1CCCN(C(=O)Nc2ccc(-c3ccccn3)cc2)C1. The third-order valence-corrected chi connectivity index (χ3v) is 4.15. The van der Waals surface area contributed by atoms with Crippen LogP contribution in [0.4, 0.5) is 10.5 Å². The predicted molar refractivity (Wildman–Crippen MR) is 90.6 cm³/mol. The van der Waals surface area contributed by atoms with E-state index in [1.807, 2.05) is 42.5 Å². The summed E-state index contributed by atoms with van der Waals surface area (Å²) in [6, 6.07) is 12.9. The Bertz CT molecular complexity index is 716. The standard InChI is InChI=1S/C18H19N3O3/c22-17(23)14-4-3-11-21(12-14)18(24)20-15-8-6-13(7-9-15)16-5-1-2-10-19-16/h1-2,5-10,14H,3-4,11-12H2,(H,20,24)(H,22,23). The first-order chi connectivity index (χ1) is 11.6. The summed E-state index contributed by atoms with van der Waals surface area (Å²) in [6.07, 6.45) is 3.07. The molecule has 0 radical (unpaired) electrons. The van der Waals surface area contributed by atoms with Gasteiger partial charge in [0.05, 0.1) is 11.6 Å². The van der Waals surface area contributed by atoms with Gasteiger partial charge in [0.15, 0.2) is 0 Å². The number of amides is 2. The molecule has 6 heteroatoms. The maximum Gasteiger partial charge on any atom is 0.321 e. The molecule has 1 aromatic carbocycles. The topological polar surface area (TPSA) is 82.5 Å². The molecule has 0 aliphatic carbocycles. The summed E-state index contributed by atoms with van der Waals surface area (Å²) in [4.78, 5) is 29.2. The van der Waals surface area contributed by atoms with Crippen LogP contribution in [-0.2, 0) is 4.79 Å². The summed E-state index contributed by atoms with van der Waals surface area (Å²) in [7, 11) is 0. The average Bonchev–Trinajstić information content (AvgIpc) is 2.63. The zero-order chi connectivity index (χ0) is 16.9. The number of piperidine rings is 1. The van der Waals surface area contributed by atoms with Gasteiger partial charge in [-0.25, -0.2) is 4.79 Å². The molecule has 24 heavy (non-hydrogen) atoms. The first kappa shape index (κ1) is 16.0. The van der Waals surface area contributed by atoms with Crippen LogP contribution < -0.4 is 5.32 Å². The second-order valence-corrected chi connectivity index (χ2v) is 5.85. The van der Waals surface area contributed by atoms with E-state index in [0.29, 0.717) is 25.1 Å². The van der Waals surface area contributed by atoms with Crippen molar-refractivity contribution in [1.82, 2.24) is 9.88 Å². The lowest BCUT2D eigenvalue weighted by Gasteiger charge is -2.30. The molecule has 0 bridgehead atoms. The van der Waals surface area contributed by atoms with Crippen molar-refractivity contribution >= 4 is 17.7 Å². The number of nitrogens with one attached hydrogen (secondary N) is 1. The van der Waals surface area contributed by atoms with Gasteiger partial charge in [0.2, 0.25) is 0 Å². The molecule has 6 nitrogen and oxygen atoms in total. The fourth-order valence-electron chi connectivity index (χ4n) is 2.82. The molecule has 0 spiro atoms. The number of likely N-dealkylation sites (tertiary alicyclic amines) is 1. The average molecular weight is 325 g/mol. The third-order valence-electron chi connectivity index (χ3n) is 4.15. The number of anilines is 1. The highest BCUT2D eigenvalue weighted by atomic mass is 16.4. The highest BCUT2D eigenvalue weighted by molar-refractivity contribution is 5.90. The summed E-state index contributed by atoms with van der Waals surface area (Å²) >= 11 is 0. The molecule has 124 valence electrons. The van der Waals surface area contributed by atoms with E-state index in [9.17, 15) is 9.59 Å². The lowest BCUT2D eigenvalue weighted by molar-refractivity contribution is -0.143. The smallest absolute Gasteiger partial charge is 0.321 e. The fraction of sp³-hybridized carbons (Fsp3) is 0.278. The molecule has 1 aliphatic heterocycles.